The standard InChI is InChI=1S/C16H20N2O/c1-3-9-18-12-13(4-2)10-15(17)11-14-7-5-6-8-16(14)19/h3-9,12,15,19H,1-2,10-11,17H2/b13-12+,18-9?. The molecule has 1 atom stereocenters. The molecule has 0 aliphatic heterocycles. The SMILES string of the molecule is C=CC=N/C=C(\C=C)CC(N)Cc1ccccc1O. The molecule has 0 radical (unpaired) electrons. The average molecular weight is 256 g/mol. The van der Waals surface area contributed by atoms with E-state index in [1.165, 1.54) is 0 Å². The van der Waals surface area contributed by atoms with Crippen LogP contribution in [0.1, 0.15) is 12.0 Å². The summed E-state index contributed by atoms with van der Waals surface area (Å²) in [4.78, 5) is 4.06. The Morgan fingerprint density at radius 2 is 2.11 bits per heavy atom. The van der Waals surface area contributed by atoms with Gasteiger partial charge < -0.3 is 10.8 Å². The number of allylic oxidation sites excluding steroid dienone is 2. The van der Waals surface area contributed by atoms with Crippen molar-refractivity contribution in [1.82, 2.24) is 0 Å². The van der Waals surface area contributed by atoms with E-state index in [1.807, 2.05) is 12.1 Å². The Bertz CT molecular complexity index is 489. The van der Waals surface area contributed by atoms with Gasteiger partial charge >= 0.3 is 0 Å². The quantitative estimate of drug-likeness (QED) is 0.582. The van der Waals surface area contributed by atoms with Crippen LogP contribution >= 0.6 is 0 Å². The van der Waals surface area contributed by atoms with Crippen LogP contribution in [0.4, 0.5) is 0 Å². The minimum absolute atomic E-state index is 0.0866. The first-order valence-electron chi connectivity index (χ1n) is 6.15. The molecule has 3 N–H and O–H groups in total. The van der Waals surface area contributed by atoms with Gasteiger partial charge in [0.05, 0.1) is 0 Å². The first-order valence-corrected chi connectivity index (χ1v) is 6.15. The van der Waals surface area contributed by atoms with Crippen molar-refractivity contribution in [3.8, 4) is 5.75 Å². The Labute approximate surface area is 114 Å². The number of hydrogen-bond acceptors (Lipinski definition) is 3. The molecule has 0 bridgehead atoms. The monoisotopic (exact) mass is 256 g/mol. The minimum Gasteiger partial charge on any atom is -0.508 e. The van der Waals surface area contributed by atoms with Crippen molar-refractivity contribution in [1.29, 1.82) is 0 Å². The molecule has 0 spiro atoms. The predicted octanol–water partition coefficient (Wildman–Crippen LogP) is 2.98. The summed E-state index contributed by atoms with van der Waals surface area (Å²) in [6.07, 6.45) is 7.96. The van der Waals surface area contributed by atoms with Gasteiger partial charge in [0, 0.05) is 18.5 Å². The van der Waals surface area contributed by atoms with Crippen LogP contribution in [0.2, 0.25) is 0 Å². The summed E-state index contributed by atoms with van der Waals surface area (Å²) in [5.74, 6) is 0.284. The Morgan fingerprint density at radius 1 is 1.37 bits per heavy atom. The Hall–Kier alpha value is -2.13. The van der Waals surface area contributed by atoms with Crippen LogP contribution in [-0.2, 0) is 6.42 Å². The van der Waals surface area contributed by atoms with Crippen molar-refractivity contribution >= 4 is 6.21 Å². The third kappa shape index (κ3) is 5.36. The molecule has 100 valence electrons. The maximum atomic E-state index is 9.70. The number of benzene rings is 1. The van der Waals surface area contributed by atoms with Crippen LogP contribution in [0.25, 0.3) is 0 Å². The van der Waals surface area contributed by atoms with E-state index in [4.69, 9.17) is 5.73 Å². The van der Waals surface area contributed by atoms with Crippen molar-refractivity contribution in [2.24, 2.45) is 10.7 Å². The number of hydrogen-bond donors (Lipinski definition) is 2. The molecular formula is C16H20N2O. The summed E-state index contributed by atoms with van der Waals surface area (Å²) < 4.78 is 0. The second-order valence-electron chi connectivity index (χ2n) is 4.24. The zero-order chi connectivity index (χ0) is 14.1. The summed E-state index contributed by atoms with van der Waals surface area (Å²) in [6.45, 7) is 7.30. The zero-order valence-corrected chi connectivity index (χ0v) is 11.0. The van der Waals surface area contributed by atoms with Crippen molar-refractivity contribution in [3.05, 3.63) is 66.9 Å². The number of rotatable bonds is 7. The molecule has 1 aromatic rings. The third-order valence-electron chi connectivity index (χ3n) is 2.67. The van der Waals surface area contributed by atoms with Crippen molar-refractivity contribution < 1.29 is 5.11 Å². The Morgan fingerprint density at radius 3 is 2.74 bits per heavy atom. The third-order valence-corrected chi connectivity index (χ3v) is 2.67. The molecule has 1 aromatic carbocycles. The molecule has 0 fully saturated rings. The predicted molar refractivity (Wildman–Crippen MR) is 81.4 cm³/mol. The average Bonchev–Trinajstić information content (AvgIpc) is 2.40. The fourth-order valence-corrected chi connectivity index (χ4v) is 1.73. The highest BCUT2D eigenvalue weighted by Gasteiger charge is 2.08. The lowest BCUT2D eigenvalue weighted by Crippen LogP contribution is -2.23. The van der Waals surface area contributed by atoms with Gasteiger partial charge in [-0.25, -0.2) is 0 Å². The molecule has 0 aliphatic carbocycles. The lowest BCUT2D eigenvalue weighted by Gasteiger charge is -2.12. The number of nitrogens with two attached hydrogens (primary N) is 1. The van der Waals surface area contributed by atoms with E-state index >= 15 is 0 Å². The van der Waals surface area contributed by atoms with E-state index in [-0.39, 0.29) is 11.8 Å². The highest BCUT2D eigenvalue weighted by atomic mass is 16.3. The molecule has 0 amide bonds. The van der Waals surface area contributed by atoms with E-state index < -0.39 is 0 Å². The lowest BCUT2D eigenvalue weighted by atomic mass is 9.99. The second-order valence-corrected chi connectivity index (χ2v) is 4.24. The maximum absolute atomic E-state index is 9.70. The smallest absolute Gasteiger partial charge is 0.118 e. The molecule has 0 heterocycles. The fourth-order valence-electron chi connectivity index (χ4n) is 1.73. The van der Waals surface area contributed by atoms with Crippen molar-refractivity contribution in [2.45, 2.75) is 18.9 Å². The summed E-state index contributed by atoms with van der Waals surface area (Å²) in [5.41, 5.74) is 7.90. The van der Waals surface area contributed by atoms with Crippen LogP contribution in [0.15, 0.2) is 66.3 Å². The van der Waals surface area contributed by atoms with Gasteiger partial charge in [-0.05, 0) is 30.0 Å². The highest BCUT2D eigenvalue weighted by molar-refractivity contribution is 5.70. The zero-order valence-electron chi connectivity index (χ0n) is 11.0. The van der Waals surface area contributed by atoms with Gasteiger partial charge in [0.15, 0.2) is 0 Å². The number of nitrogens with zero attached hydrogens (tertiary/aromatic N) is 1. The molecule has 1 unspecified atom stereocenters. The second kappa shape index (κ2) is 8.06. The molecule has 1 rings (SSSR count). The Kier molecular flexibility index (Phi) is 6.33. The molecule has 0 saturated carbocycles. The number of phenols is 1. The lowest BCUT2D eigenvalue weighted by molar-refractivity contribution is 0.464. The number of para-hydroxylation sites is 1. The van der Waals surface area contributed by atoms with E-state index in [0.717, 1.165) is 11.1 Å². The van der Waals surface area contributed by atoms with Gasteiger partial charge in [-0.15, -0.1) is 0 Å². The summed E-state index contributed by atoms with van der Waals surface area (Å²) >= 11 is 0. The van der Waals surface area contributed by atoms with Crippen molar-refractivity contribution in [2.75, 3.05) is 0 Å². The number of aliphatic imine (C=N–C) groups is 1. The van der Waals surface area contributed by atoms with Crippen LogP contribution < -0.4 is 5.73 Å². The van der Waals surface area contributed by atoms with E-state index in [2.05, 4.69) is 18.2 Å². The minimum atomic E-state index is -0.0866. The molecular weight excluding hydrogens is 236 g/mol. The highest BCUT2D eigenvalue weighted by Crippen LogP contribution is 2.19. The van der Waals surface area contributed by atoms with Crippen LogP contribution in [-0.4, -0.2) is 17.4 Å². The van der Waals surface area contributed by atoms with E-state index in [9.17, 15) is 5.11 Å². The topological polar surface area (TPSA) is 58.6 Å². The summed E-state index contributed by atoms with van der Waals surface area (Å²) in [7, 11) is 0. The number of phenolic OH excluding ortho intramolecular Hbond substituents is 1. The number of aromatic hydroxyl groups is 1. The van der Waals surface area contributed by atoms with Crippen molar-refractivity contribution in [3.63, 3.8) is 0 Å². The fraction of sp³-hybridized carbons (Fsp3) is 0.188. The molecule has 3 nitrogen and oxygen atoms in total. The van der Waals surface area contributed by atoms with Gasteiger partial charge in [0.25, 0.3) is 0 Å². The Balaban J connectivity index is 2.63. The summed E-state index contributed by atoms with van der Waals surface area (Å²) in [6, 6.07) is 7.14. The summed E-state index contributed by atoms with van der Waals surface area (Å²) in [5, 5.41) is 9.70. The van der Waals surface area contributed by atoms with E-state index in [1.54, 1.807) is 36.7 Å². The first kappa shape index (κ1) is 14.9. The van der Waals surface area contributed by atoms with Crippen LogP contribution in [0, 0.1) is 0 Å². The van der Waals surface area contributed by atoms with Gasteiger partial charge in [-0.2, -0.15) is 0 Å². The van der Waals surface area contributed by atoms with Gasteiger partial charge in [-0.1, -0.05) is 43.5 Å². The molecule has 0 aromatic heterocycles. The van der Waals surface area contributed by atoms with Crippen LogP contribution in [0.5, 0.6) is 5.75 Å². The van der Waals surface area contributed by atoms with Gasteiger partial charge in [-0.3, -0.25) is 4.99 Å². The molecule has 3 heteroatoms. The van der Waals surface area contributed by atoms with Gasteiger partial charge in [0.1, 0.15) is 5.75 Å². The molecule has 0 aliphatic rings. The largest absolute Gasteiger partial charge is 0.508 e. The normalized spacial score (nSPS) is 13.4. The first-order chi connectivity index (χ1) is 9.17. The maximum Gasteiger partial charge on any atom is 0.118 e. The van der Waals surface area contributed by atoms with Crippen LogP contribution in [0.3, 0.4) is 0 Å². The van der Waals surface area contributed by atoms with Gasteiger partial charge in [0.2, 0.25) is 0 Å². The van der Waals surface area contributed by atoms with E-state index in [0.29, 0.717) is 12.8 Å². The molecule has 19 heavy (non-hydrogen) atoms. The molecule has 0 saturated heterocycles.